The maximum absolute atomic E-state index is 10.9. The van der Waals surface area contributed by atoms with Gasteiger partial charge in [-0.25, -0.2) is 0 Å². The van der Waals surface area contributed by atoms with Crippen LogP contribution >= 0.6 is 0 Å². The number of allylic oxidation sites excluding steroid dienone is 2. The summed E-state index contributed by atoms with van der Waals surface area (Å²) in [7, 11) is 0. The molecule has 0 bridgehead atoms. The first-order chi connectivity index (χ1) is 4.22. The molecule has 1 fully saturated rings. The molecule has 1 aliphatic rings. The first-order valence-electron chi connectivity index (χ1n) is 3.20. The minimum absolute atomic E-state index is 0.245. The molecule has 0 atom stereocenters. The molecule has 0 amide bonds. The first-order valence-corrected chi connectivity index (χ1v) is 3.20. The van der Waals surface area contributed by atoms with E-state index < -0.39 is 0 Å². The number of carbonyl (C=O) groups is 1. The van der Waals surface area contributed by atoms with Crippen molar-refractivity contribution in [1.29, 1.82) is 0 Å². The normalized spacial score (nSPS) is 24.8. The van der Waals surface area contributed by atoms with E-state index in [1.54, 1.807) is 6.92 Å². The van der Waals surface area contributed by atoms with Gasteiger partial charge >= 0.3 is 0 Å². The van der Waals surface area contributed by atoms with Gasteiger partial charge in [-0.2, -0.15) is 0 Å². The third-order valence-electron chi connectivity index (χ3n) is 1.64. The van der Waals surface area contributed by atoms with Crippen LogP contribution < -0.4 is 5.73 Å². The number of Topliss-reactive ketones (excluding diaryl/α,β-unsaturated/α-hetero) is 1. The van der Waals surface area contributed by atoms with Crippen LogP contribution in [0.5, 0.6) is 0 Å². The molecule has 2 nitrogen and oxygen atoms in total. The Balaban J connectivity index is 2.83. The molecule has 50 valence electrons. The Labute approximate surface area is 54.7 Å². The standard InChI is InChI=1S/C7H11NO/c1-5(8)6-3-2-4-7(6)9/h2-4,8H2,1H3/b6-5+. The maximum atomic E-state index is 10.9. The molecule has 0 saturated heterocycles. The fourth-order valence-electron chi connectivity index (χ4n) is 1.13. The highest BCUT2D eigenvalue weighted by Gasteiger charge is 2.17. The van der Waals surface area contributed by atoms with Gasteiger partial charge in [0.15, 0.2) is 5.78 Å². The average molecular weight is 125 g/mol. The van der Waals surface area contributed by atoms with Gasteiger partial charge in [0.25, 0.3) is 0 Å². The Morgan fingerprint density at radius 1 is 1.56 bits per heavy atom. The van der Waals surface area contributed by atoms with Crippen molar-refractivity contribution in [2.45, 2.75) is 26.2 Å². The van der Waals surface area contributed by atoms with Crippen LogP contribution in [0.15, 0.2) is 11.3 Å². The number of hydrogen-bond donors (Lipinski definition) is 1. The fraction of sp³-hybridized carbons (Fsp3) is 0.571. The van der Waals surface area contributed by atoms with E-state index in [0.717, 1.165) is 18.4 Å². The lowest BCUT2D eigenvalue weighted by molar-refractivity contribution is -0.114. The Morgan fingerprint density at radius 2 is 2.22 bits per heavy atom. The molecule has 0 aliphatic heterocycles. The summed E-state index contributed by atoms with van der Waals surface area (Å²) < 4.78 is 0. The van der Waals surface area contributed by atoms with Crippen molar-refractivity contribution in [3.8, 4) is 0 Å². The number of carbonyl (C=O) groups excluding carboxylic acids is 1. The summed E-state index contributed by atoms with van der Waals surface area (Å²) in [5, 5.41) is 0. The molecule has 0 aromatic rings. The summed E-state index contributed by atoms with van der Waals surface area (Å²) in [5.41, 5.74) is 7.01. The third kappa shape index (κ3) is 1.12. The molecule has 0 aromatic carbocycles. The average Bonchev–Trinajstić information content (AvgIpc) is 2.13. The summed E-state index contributed by atoms with van der Waals surface area (Å²) in [4.78, 5) is 10.9. The van der Waals surface area contributed by atoms with Crippen molar-refractivity contribution in [1.82, 2.24) is 0 Å². The van der Waals surface area contributed by atoms with E-state index in [9.17, 15) is 4.79 Å². The van der Waals surface area contributed by atoms with E-state index in [1.165, 1.54) is 0 Å². The second-order valence-electron chi connectivity index (χ2n) is 2.44. The highest BCUT2D eigenvalue weighted by atomic mass is 16.1. The molecule has 1 aliphatic carbocycles. The lowest BCUT2D eigenvalue weighted by atomic mass is 10.2. The number of nitrogens with two attached hydrogens (primary N) is 1. The largest absolute Gasteiger partial charge is 0.402 e. The molecule has 0 radical (unpaired) electrons. The van der Waals surface area contributed by atoms with E-state index in [4.69, 9.17) is 5.73 Å². The zero-order chi connectivity index (χ0) is 6.85. The molecule has 0 heterocycles. The molecule has 0 spiro atoms. The van der Waals surface area contributed by atoms with Gasteiger partial charge in [-0.05, 0) is 19.8 Å². The van der Waals surface area contributed by atoms with Crippen LogP contribution in [0.2, 0.25) is 0 Å². The lowest BCUT2D eigenvalue weighted by Gasteiger charge is -1.94. The second kappa shape index (κ2) is 2.21. The van der Waals surface area contributed by atoms with Crippen molar-refractivity contribution in [2.24, 2.45) is 5.73 Å². The van der Waals surface area contributed by atoms with Crippen LogP contribution in [-0.2, 0) is 4.79 Å². The van der Waals surface area contributed by atoms with Gasteiger partial charge < -0.3 is 5.73 Å². The Kier molecular flexibility index (Phi) is 1.56. The zero-order valence-electron chi connectivity index (χ0n) is 5.61. The molecule has 9 heavy (non-hydrogen) atoms. The van der Waals surface area contributed by atoms with Gasteiger partial charge in [-0.15, -0.1) is 0 Å². The Hall–Kier alpha value is -0.790. The summed E-state index contributed by atoms with van der Waals surface area (Å²) >= 11 is 0. The summed E-state index contributed by atoms with van der Waals surface area (Å²) in [5.74, 6) is 0.245. The van der Waals surface area contributed by atoms with E-state index in [2.05, 4.69) is 0 Å². The predicted octanol–water partition coefficient (Wildman–Crippen LogP) is 0.972. The molecular weight excluding hydrogens is 114 g/mol. The molecule has 1 saturated carbocycles. The van der Waals surface area contributed by atoms with E-state index in [-0.39, 0.29) is 5.78 Å². The SMILES string of the molecule is C/C(N)=C1/CCCC1=O. The van der Waals surface area contributed by atoms with Crippen molar-refractivity contribution >= 4 is 5.78 Å². The van der Waals surface area contributed by atoms with Crippen LogP contribution in [0, 0.1) is 0 Å². The van der Waals surface area contributed by atoms with Crippen LogP contribution in [-0.4, -0.2) is 5.78 Å². The van der Waals surface area contributed by atoms with Crippen molar-refractivity contribution in [2.75, 3.05) is 0 Å². The summed E-state index contributed by atoms with van der Waals surface area (Å²) in [6.45, 7) is 1.79. The lowest BCUT2D eigenvalue weighted by Crippen LogP contribution is -2.01. The quantitative estimate of drug-likeness (QED) is 0.490. The monoisotopic (exact) mass is 125 g/mol. The van der Waals surface area contributed by atoms with Crippen LogP contribution in [0.1, 0.15) is 26.2 Å². The summed E-state index contributed by atoms with van der Waals surface area (Å²) in [6, 6.07) is 0. The highest BCUT2D eigenvalue weighted by Crippen LogP contribution is 2.21. The zero-order valence-corrected chi connectivity index (χ0v) is 5.61. The maximum Gasteiger partial charge on any atom is 0.160 e. The van der Waals surface area contributed by atoms with Crippen molar-refractivity contribution in [3.63, 3.8) is 0 Å². The fourth-order valence-corrected chi connectivity index (χ4v) is 1.13. The van der Waals surface area contributed by atoms with E-state index >= 15 is 0 Å². The molecular formula is C7H11NO. The summed E-state index contributed by atoms with van der Waals surface area (Å²) in [6.07, 6.45) is 2.58. The molecule has 0 aromatic heterocycles. The topological polar surface area (TPSA) is 43.1 Å². The predicted molar refractivity (Wildman–Crippen MR) is 35.7 cm³/mol. The first kappa shape index (κ1) is 6.33. The molecule has 2 N–H and O–H groups in total. The van der Waals surface area contributed by atoms with Gasteiger partial charge in [0, 0.05) is 17.7 Å². The van der Waals surface area contributed by atoms with Crippen LogP contribution in [0.4, 0.5) is 0 Å². The highest BCUT2D eigenvalue weighted by molar-refractivity contribution is 5.97. The van der Waals surface area contributed by atoms with Gasteiger partial charge in [0.05, 0.1) is 0 Å². The molecule has 2 heteroatoms. The minimum atomic E-state index is 0.245. The van der Waals surface area contributed by atoms with Gasteiger partial charge in [-0.3, -0.25) is 4.79 Å². The van der Waals surface area contributed by atoms with Gasteiger partial charge in [0.2, 0.25) is 0 Å². The Morgan fingerprint density at radius 3 is 2.44 bits per heavy atom. The number of hydrogen-bond acceptors (Lipinski definition) is 2. The van der Waals surface area contributed by atoms with Crippen molar-refractivity contribution in [3.05, 3.63) is 11.3 Å². The van der Waals surface area contributed by atoms with Crippen LogP contribution in [0.3, 0.4) is 0 Å². The minimum Gasteiger partial charge on any atom is -0.402 e. The molecule has 0 unspecified atom stereocenters. The second-order valence-corrected chi connectivity index (χ2v) is 2.44. The van der Waals surface area contributed by atoms with Gasteiger partial charge in [0.1, 0.15) is 0 Å². The Bertz CT molecular complexity index is 166. The van der Waals surface area contributed by atoms with Gasteiger partial charge in [-0.1, -0.05) is 0 Å². The third-order valence-corrected chi connectivity index (χ3v) is 1.64. The van der Waals surface area contributed by atoms with Crippen LogP contribution in [0.25, 0.3) is 0 Å². The molecule has 1 rings (SSSR count). The number of rotatable bonds is 0. The number of ketones is 1. The smallest absolute Gasteiger partial charge is 0.160 e. The van der Waals surface area contributed by atoms with Crippen molar-refractivity contribution < 1.29 is 4.79 Å². The van der Waals surface area contributed by atoms with E-state index in [1.807, 2.05) is 0 Å². The van der Waals surface area contributed by atoms with E-state index in [0.29, 0.717) is 12.1 Å².